The van der Waals surface area contributed by atoms with Crippen LogP contribution >= 0.6 is 11.8 Å². The number of thioether (sulfide) groups is 1. The molecule has 0 aliphatic heterocycles. The molecule has 0 amide bonds. The van der Waals surface area contributed by atoms with E-state index in [2.05, 4.69) is 4.74 Å². The third-order valence-electron chi connectivity index (χ3n) is 1.43. The maximum absolute atomic E-state index is 12.9. The summed E-state index contributed by atoms with van der Waals surface area (Å²) < 4.78 is 30.5. The molecule has 66 valence electrons. The molecule has 0 aliphatic carbocycles. The van der Waals surface area contributed by atoms with Crippen LogP contribution in [0.2, 0.25) is 0 Å². The summed E-state index contributed by atoms with van der Waals surface area (Å²) in [5.41, 5.74) is 0. The first-order valence-corrected chi connectivity index (χ1v) is 4.48. The Bertz CT molecular complexity index is 259. The normalized spacial score (nSPS) is 10.0. The molecule has 1 rings (SSSR count). The van der Waals surface area contributed by atoms with Crippen molar-refractivity contribution in [2.24, 2.45) is 0 Å². The van der Waals surface area contributed by atoms with Gasteiger partial charge in [-0.05, 0) is 12.3 Å². The lowest BCUT2D eigenvalue weighted by molar-refractivity contribution is 0.380. The highest BCUT2D eigenvalue weighted by molar-refractivity contribution is 7.98. The Labute approximate surface area is 73.7 Å². The van der Waals surface area contributed by atoms with Gasteiger partial charge in [0.1, 0.15) is 5.82 Å². The van der Waals surface area contributed by atoms with Gasteiger partial charge in [-0.1, -0.05) is 0 Å². The highest BCUT2D eigenvalue weighted by Gasteiger charge is 2.08. The van der Waals surface area contributed by atoms with Crippen molar-refractivity contribution in [3.63, 3.8) is 0 Å². The van der Waals surface area contributed by atoms with E-state index in [0.29, 0.717) is 0 Å². The Morgan fingerprint density at radius 2 is 1.92 bits per heavy atom. The lowest BCUT2D eigenvalue weighted by Crippen LogP contribution is -1.91. The number of methoxy groups -OCH3 is 1. The van der Waals surface area contributed by atoms with Crippen molar-refractivity contribution in [3.8, 4) is 5.75 Å². The van der Waals surface area contributed by atoms with E-state index in [1.54, 1.807) is 6.26 Å². The van der Waals surface area contributed by atoms with E-state index in [0.717, 1.165) is 23.9 Å². The highest BCUT2D eigenvalue weighted by atomic mass is 32.2. The molecule has 0 bridgehead atoms. The predicted octanol–water partition coefficient (Wildman–Crippen LogP) is 2.70. The minimum absolute atomic E-state index is 0.0645. The van der Waals surface area contributed by atoms with Crippen molar-refractivity contribution >= 4 is 11.8 Å². The molecule has 1 aromatic rings. The average molecular weight is 190 g/mol. The van der Waals surface area contributed by atoms with Crippen LogP contribution in [0.4, 0.5) is 8.78 Å². The largest absolute Gasteiger partial charge is 0.494 e. The maximum Gasteiger partial charge on any atom is 0.166 e. The zero-order valence-electron chi connectivity index (χ0n) is 6.73. The van der Waals surface area contributed by atoms with Crippen molar-refractivity contribution in [1.82, 2.24) is 0 Å². The first-order valence-electron chi connectivity index (χ1n) is 3.26. The number of halogens is 2. The van der Waals surface area contributed by atoms with Crippen LogP contribution in [0.15, 0.2) is 17.0 Å². The molecule has 4 heteroatoms. The monoisotopic (exact) mass is 190 g/mol. The summed E-state index contributed by atoms with van der Waals surface area (Å²) in [6, 6.07) is 2.17. The average Bonchev–Trinajstić information content (AvgIpc) is 2.08. The highest BCUT2D eigenvalue weighted by Crippen LogP contribution is 2.26. The van der Waals surface area contributed by atoms with Gasteiger partial charge in [0.05, 0.1) is 7.11 Å². The topological polar surface area (TPSA) is 9.23 Å². The lowest BCUT2D eigenvalue weighted by atomic mass is 10.3. The fourth-order valence-electron chi connectivity index (χ4n) is 0.823. The van der Waals surface area contributed by atoms with Crippen molar-refractivity contribution in [2.45, 2.75) is 4.90 Å². The number of hydrogen-bond donors (Lipinski definition) is 0. The van der Waals surface area contributed by atoms with E-state index < -0.39 is 11.6 Å². The summed E-state index contributed by atoms with van der Waals surface area (Å²) in [6.45, 7) is 0. The van der Waals surface area contributed by atoms with Crippen LogP contribution in [-0.4, -0.2) is 13.4 Å². The van der Waals surface area contributed by atoms with Crippen LogP contribution in [0.1, 0.15) is 0 Å². The lowest BCUT2D eigenvalue weighted by Gasteiger charge is -2.04. The van der Waals surface area contributed by atoms with Crippen molar-refractivity contribution in [2.75, 3.05) is 13.4 Å². The van der Waals surface area contributed by atoms with Crippen LogP contribution < -0.4 is 4.74 Å². The summed E-state index contributed by atoms with van der Waals surface area (Å²) in [5.74, 6) is -1.06. The Balaban J connectivity index is 3.16. The van der Waals surface area contributed by atoms with Gasteiger partial charge in [-0.3, -0.25) is 0 Å². The van der Waals surface area contributed by atoms with Crippen LogP contribution in [-0.2, 0) is 0 Å². The first kappa shape index (κ1) is 9.32. The fraction of sp³-hybridized carbons (Fsp3) is 0.250. The van der Waals surface area contributed by atoms with Crippen molar-refractivity contribution in [1.29, 1.82) is 0 Å². The first-order chi connectivity index (χ1) is 5.69. The summed E-state index contributed by atoms with van der Waals surface area (Å²) in [7, 11) is 1.30. The summed E-state index contributed by atoms with van der Waals surface area (Å²) in [5, 5.41) is 0. The van der Waals surface area contributed by atoms with Gasteiger partial charge < -0.3 is 4.74 Å². The molecule has 0 atom stereocenters. The molecule has 0 unspecified atom stereocenters. The quantitative estimate of drug-likeness (QED) is 0.663. The van der Waals surface area contributed by atoms with Gasteiger partial charge in [-0.2, -0.15) is 0 Å². The van der Waals surface area contributed by atoms with Crippen LogP contribution in [0, 0.1) is 11.6 Å². The minimum atomic E-state index is -0.539. The Kier molecular flexibility index (Phi) is 2.92. The molecule has 0 radical (unpaired) electrons. The Morgan fingerprint density at radius 3 is 2.42 bits per heavy atom. The molecule has 0 fully saturated rings. The molecule has 0 saturated heterocycles. The summed E-state index contributed by atoms with van der Waals surface area (Å²) in [4.78, 5) is 0.285. The van der Waals surface area contributed by atoms with Crippen LogP contribution in [0.3, 0.4) is 0 Å². The van der Waals surface area contributed by atoms with E-state index in [-0.39, 0.29) is 10.6 Å². The third-order valence-corrected chi connectivity index (χ3v) is 2.18. The number of rotatable bonds is 2. The summed E-state index contributed by atoms with van der Waals surface area (Å²) in [6.07, 6.45) is 1.68. The smallest absolute Gasteiger partial charge is 0.166 e. The van der Waals surface area contributed by atoms with E-state index in [4.69, 9.17) is 0 Å². The zero-order chi connectivity index (χ0) is 9.14. The molecule has 1 nitrogen and oxygen atoms in total. The Morgan fingerprint density at radius 1 is 1.25 bits per heavy atom. The van der Waals surface area contributed by atoms with Crippen LogP contribution in [0.5, 0.6) is 5.75 Å². The van der Waals surface area contributed by atoms with Gasteiger partial charge in [0, 0.05) is 11.0 Å². The van der Waals surface area contributed by atoms with Gasteiger partial charge in [0.15, 0.2) is 11.6 Å². The van der Waals surface area contributed by atoms with E-state index >= 15 is 0 Å². The van der Waals surface area contributed by atoms with E-state index in [1.165, 1.54) is 7.11 Å². The number of ether oxygens (including phenoxy) is 1. The van der Waals surface area contributed by atoms with Gasteiger partial charge in [0.2, 0.25) is 0 Å². The second-order valence-corrected chi connectivity index (χ2v) is 2.97. The number of hydrogen-bond acceptors (Lipinski definition) is 2. The van der Waals surface area contributed by atoms with Crippen LogP contribution in [0.25, 0.3) is 0 Å². The Hall–Kier alpha value is -0.770. The van der Waals surface area contributed by atoms with Gasteiger partial charge in [-0.15, -0.1) is 11.8 Å². The standard InChI is InChI=1S/C8H8F2OS/c1-11-7-3-6(10)8(12-2)4-5(7)9/h3-4H,1-2H3. The van der Waals surface area contributed by atoms with Crippen molar-refractivity contribution < 1.29 is 13.5 Å². The van der Waals surface area contributed by atoms with Gasteiger partial charge in [-0.25, -0.2) is 8.78 Å². The molecule has 0 heterocycles. The molecule has 0 spiro atoms. The number of benzene rings is 1. The van der Waals surface area contributed by atoms with E-state index in [1.807, 2.05) is 0 Å². The molecule has 0 N–H and O–H groups in total. The summed E-state index contributed by atoms with van der Waals surface area (Å²) >= 11 is 1.16. The van der Waals surface area contributed by atoms with Crippen molar-refractivity contribution in [3.05, 3.63) is 23.8 Å². The van der Waals surface area contributed by atoms with Gasteiger partial charge in [0.25, 0.3) is 0 Å². The molecular weight excluding hydrogens is 182 g/mol. The fourth-order valence-corrected chi connectivity index (χ4v) is 1.30. The zero-order valence-corrected chi connectivity index (χ0v) is 7.54. The SMILES string of the molecule is COc1cc(F)c(SC)cc1F. The van der Waals surface area contributed by atoms with Gasteiger partial charge >= 0.3 is 0 Å². The van der Waals surface area contributed by atoms with E-state index in [9.17, 15) is 8.78 Å². The molecule has 0 aromatic heterocycles. The molecule has 0 aliphatic rings. The third kappa shape index (κ3) is 1.69. The molecular formula is C8H8F2OS. The predicted molar refractivity (Wildman–Crippen MR) is 44.7 cm³/mol. The maximum atomic E-state index is 12.9. The second kappa shape index (κ2) is 3.76. The second-order valence-electron chi connectivity index (χ2n) is 2.12. The molecule has 1 aromatic carbocycles. The molecule has 12 heavy (non-hydrogen) atoms. The molecule has 0 saturated carbocycles. The minimum Gasteiger partial charge on any atom is -0.494 e.